The molecule has 0 aromatic heterocycles. The zero-order valence-electron chi connectivity index (χ0n) is 7.27. The van der Waals surface area contributed by atoms with Crippen LogP contribution in [-0.4, -0.2) is 0 Å². The minimum atomic E-state index is 0.927. The lowest BCUT2D eigenvalue weighted by molar-refractivity contribution is 0.690. The first-order valence-electron chi connectivity index (χ1n) is 4.77. The summed E-state index contributed by atoms with van der Waals surface area (Å²) in [6.07, 6.45) is 11.5. The molecule has 1 saturated carbocycles. The standard InChI is InChI=1S/C11H16/c1-2-3-4-10-7-9-5-6-11(10)8-9/h4-5,11H,2-3,6-8H2,1H3. The van der Waals surface area contributed by atoms with E-state index in [9.17, 15) is 0 Å². The highest BCUT2D eigenvalue weighted by Gasteiger charge is 2.27. The average Bonchev–Trinajstić information content (AvgIpc) is 2.60. The first-order valence-corrected chi connectivity index (χ1v) is 4.77. The summed E-state index contributed by atoms with van der Waals surface area (Å²) < 4.78 is 0. The van der Waals surface area contributed by atoms with Crippen LogP contribution in [0.15, 0.2) is 23.3 Å². The van der Waals surface area contributed by atoms with Gasteiger partial charge >= 0.3 is 0 Å². The molecule has 0 aliphatic heterocycles. The summed E-state index contributed by atoms with van der Waals surface area (Å²) in [4.78, 5) is 0. The molecular formula is C11H16. The highest BCUT2D eigenvalue weighted by molar-refractivity contribution is 5.32. The van der Waals surface area contributed by atoms with E-state index in [-0.39, 0.29) is 0 Å². The summed E-state index contributed by atoms with van der Waals surface area (Å²) in [5, 5.41) is 0. The lowest BCUT2D eigenvalue weighted by Crippen LogP contribution is -1.93. The fourth-order valence-electron chi connectivity index (χ4n) is 2.19. The van der Waals surface area contributed by atoms with E-state index in [1.54, 1.807) is 11.1 Å². The van der Waals surface area contributed by atoms with E-state index >= 15 is 0 Å². The van der Waals surface area contributed by atoms with E-state index in [0.29, 0.717) is 0 Å². The van der Waals surface area contributed by atoms with Crippen LogP contribution in [0.3, 0.4) is 0 Å². The highest BCUT2D eigenvalue weighted by atomic mass is 14.3. The minimum Gasteiger partial charge on any atom is -0.0847 e. The van der Waals surface area contributed by atoms with Crippen molar-refractivity contribution in [2.45, 2.75) is 39.0 Å². The Bertz CT molecular complexity index is 208. The molecule has 0 heteroatoms. The van der Waals surface area contributed by atoms with Crippen LogP contribution in [0.4, 0.5) is 0 Å². The van der Waals surface area contributed by atoms with Gasteiger partial charge in [-0.15, -0.1) is 0 Å². The molecule has 0 aromatic rings. The maximum absolute atomic E-state index is 2.48. The van der Waals surface area contributed by atoms with Gasteiger partial charge in [-0.1, -0.05) is 36.6 Å². The zero-order chi connectivity index (χ0) is 7.68. The molecule has 1 unspecified atom stereocenters. The SMILES string of the molecule is CCCC=C1CC2=CCC1C2. The number of hydrogen-bond donors (Lipinski definition) is 0. The molecule has 0 heterocycles. The second-order valence-corrected chi connectivity index (χ2v) is 3.74. The average molecular weight is 148 g/mol. The van der Waals surface area contributed by atoms with E-state index in [2.05, 4.69) is 19.1 Å². The van der Waals surface area contributed by atoms with Gasteiger partial charge in [0.15, 0.2) is 0 Å². The van der Waals surface area contributed by atoms with Crippen molar-refractivity contribution in [3.63, 3.8) is 0 Å². The van der Waals surface area contributed by atoms with Crippen LogP contribution in [0.1, 0.15) is 39.0 Å². The van der Waals surface area contributed by atoms with Gasteiger partial charge in [-0.3, -0.25) is 0 Å². The van der Waals surface area contributed by atoms with Crippen molar-refractivity contribution in [2.24, 2.45) is 5.92 Å². The third kappa shape index (κ3) is 1.26. The molecule has 0 N–H and O–H groups in total. The number of allylic oxidation sites excluding steroid dienone is 4. The summed E-state index contributed by atoms with van der Waals surface area (Å²) in [6.45, 7) is 2.25. The monoisotopic (exact) mass is 148 g/mol. The van der Waals surface area contributed by atoms with Crippen molar-refractivity contribution in [1.82, 2.24) is 0 Å². The Morgan fingerprint density at radius 3 is 3.09 bits per heavy atom. The van der Waals surface area contributed by atoms with Gasteiger partial charge in [-0.2, -0.15) is 0 Å². The van der Waals surface area contributed by atoms with Crippen LogP contribution in [0, 0.1) is 5.92 Å². The van der Waals surface area contributed by atoms with Crippen molar-refractivity contribution in [1.29, 1.82) is 0 Å². The van der Waals surface area contributed by atoms with Crippen molar-refractivity contribution < 1.29 is 0 Å². The van der Waals surface area contributed by atoms with Crippen molar-refractivity contribution in [2.75, 3.05) is 0 Å². The molecule has 2 rings (SSSR count). The Hall–Kier alpha value is -0.520. The Kier molecular flexibility index (Phi) is 1.85. The molecule has 2 aliphatic rings. The Morgan fingerprint density at radius 1 is 1.64 bits per heavy atom. The van der Waals surface area contributed by atoms with Crippen molar-refractivity contribution in [3.05, 3.63) is 23.3 Å². The minimum absolute atomic E-state index is 0.927. The maximum Gasteiger partial charge on any atom is -0.0105 e. The Balaban J connectivity index is 2.03. The van der Waals surface area contributed by atoms with Gasteiger partial charge in [0.2, 0.25) is 0 Å². The molecule has 2 bridgehead atoms. The van der Waals surface area contributed by atoms with Gasteiger partial charge < -0.3 is 0 Å². The van der Waals surface area contributed by atoms with Gasteiger partial charge in [0.25, 0.3) is 0 Å². The highest BCUT2D eigenvalue weighted by Crippen LogP contribution is 2.43. The van der Waals surface area contributed by atoms with Crippen LogP contribution in [-0.2, 0) is 0 Å². The second-order valence-electron chi connectivity index (χ2n) is 3.74. The quantitative estimate of drug-likeness (QED) is 0.526. The summed E-state index contributed by atoms with van der Waals surface area (Å²) >= 11 is 0. The van der Waals surface area contributed by atoms with E-state index in [4.69, 9.17) is 0 Å². The van der Waals surface area contributed by atoms with Crippen molar-refractivity contribution in [3.8, 4) is 0 Å². The van der Waals surface area contributed by atoms with E-state index < -0.39 is 0 Å². The molecule has 2 aliphatic carbocycles. The molecular weight excluding hydrogens is 132 g/mol. The lowest BCUT2D eigenvalue weighted by Gasteiger charge is -2.08. The number of fused-ring (bicyclic) bond motifs is 2. The smallest absolute Gasteiger partial charge is 0.0105 e. The summed E-state index contributed by atoms with van der Waals surface area (Å²) in [6, 6.07) is 0. The summed E-state index contributed by atoms with van der Waals surface area (Å²) in [5.41, 5.74) is 3.45. The molecule has 0 spiro atoms. The molecule has 1 atom stereocenters. The summed E-state index contributed by atoms with van der Waals surface area (Å²) in [7, 11) is 0. The fraction of sp³-hybridized carbons (Fsp3) is 0.636. The van der Waals surface area contributed by atoms with Gasteiger partial charge in [-0.05, 0) is 31.6 Å². The van der Waals surface area contributed by atoms with Crippen LogP contribution in [0.5, 0.6) is 0 Å². The van der Waals surface area contributed by atoms with E-state index in [1.165, 1.54) is 32.1 Å². The second kappa shape index (κ2) is 2.84. The van der Waals surface area contributed by atoms with Crippen molar-refractivity contribution >= 4 is 0 Å². The number of unbranched alkanes of at least 4 members (excludes halogenated alkanes) is 1. The lowest BCUT2D eigenvalue weighted by atomic mass is 9.97. The summed E-state index contributed by atoms with van der Waals surface area (Å²) in [5.74, 6) is 0.927. The molecule has 0 saturated heterocycles. The van der Waals surface area contributed by atoms with Crippen LogP contribution >= 0.6 is 0 Å². The van der Waals surface area contributed by atoms with Gasteiger partial charge in [0.05, 0.1) is 0 Å². The van der Waals surface area contributed by atoms with Gasteiger partial charge in [-0.25, -0.2) is 0 Å². The van der Waals surface area contributed by atoms with Crippen LogP contribution in [0.2, 0.25) is 0 Å². The predicted molar refractivity (Wildman–Crippen MR) is 48.4 cm³/mol. The van der Waals surface area contributed by atoms with Crippen LogP contribution < -0.4 is 0 Å². The predicted octanol–water partition coefficient (Wildman–Crippen LogP) is 3.45. The fourth-order valence-corrected chi connectivity index (χ4v) is 2.19. The molecule has 1 fully saturated rings. The Morgan fingerprint density at radius 2 is 2.55 bits per heavy atom. The molecule has 0 amide bonds. The van der Waals surface area contributed by atoms with E-state index in [0.717, 1.165) is 5.92 Å². The molecule has 0 nitrogen and oxygen atoms in total. The topological polar surface area (TPSA) is 0 Å². The normalized spacial score (nSPS) is 31.5. The molecule has 0 aromatic carbocycles. The number of rotatable bonds is 2. The first-order chi connectivity index (χ1) is 5.40. The van der Waals surface area contributed by atoms with Gasteiger partial charge in [0, 0.05) is 0 Å². The molecule has 0 radical (unpaired) electrons. The largest absolute Gasteiger partial charge is 0.0847 e. The van der Waals surface area contributed by atoms with E-state index in [1.807, 2.05) is 0 Å². The first kappa shape index (κ1) is 7.15. The third-order valence-corrected chi connectivity index (χ3v) is 2.85. The number of hydrogen-bond acceptors (Lipinski definition) is 0. The zero-order valence-corrected chi connectivity index (χ0v) is 7.27. The van der Waals surface area contributed by atoms with Crippen LogP contribution in [0.25, 0.3) is 0 Å². The maximum atomic E-state index is 2.48. The Labute approximate surface area is 69.0 Å². The third-order valence-electron chi connectivity index (χ3n) is 2.85. The van der Waals surface area contributed by atoms with Gasteiger partial charge in [0.1, 0.15) is 0 Å². The molecule has 60 valence electrons. The molecule has 11 heavy (non-hydrogen) atoms.